The van der Waals surface area contributed by atoms with E-state index in [1.54, 1.807) is 30.3 Å². The van der Waals surface area contributed by atoms with Gasteiger partial charge in [0, 0.05) is 23.2 Å². The number of hydrogen-bond donors (Lipinski definition) is 1. The van der Waals surface area contributed by atoms with Gasteiger partial charge in [0.2, 0.25) is 0 Å². The number of halogens is 1. The third-order valence-corrected chi connectivity index (χ3v) is 11.5. The van der Waals surface area contributed by atoms with Crippen molar-refractivity contribution < 1.29 is 28.3 Å². The molecule has 4 rings (SSSR count). The fraction of sp³-hybridized carbons (Fsp3) is 0.462. The molecule has 1 N–H and O–H groups in total. The lowest BCUT2D eigenvalue weighted by atomic mass is 9.99. The Hall–Kier alpha value is -2.75. The number of oxime groups is 1. The number of aliphatic hydroxyl groups excluding tert-OH is 1. The summed E-state index contributed by atoms with van der Waals surface area (Å²) in [6.07, 6.45) is -0.632. The van der Waals surface area contributed by atoms with Crippen LogP contribution in [-0.4, -0.2) is 57.2 Å². The number of carbonyl (C=O) groups is 1. The Morgan fingerprint density at radius 1 is 1.14 bits per heavy atom. The third kappa shape index (κ3) is 5.42. The molecule has 1 saturated heterocycles. The van der Waals surface area contributed by atoms with Crippen molar-refractivity contribution in [2.45, 2.75) is 57.5 Å². The van der Waals surface area contributed by atoms with E-state index >= 15 is 4.39 Å². The number of aliphatic hydroxyl groups is 1. The van der Waals surface area contributed by atoms with E-state index in [9.17, 15) is 9.90 Å². The fourth-order valence-electron chi connectivity index (χ4n) is 3.78. The second-order valence-corrected chi connectivity index (χ2v) is 15.4. The predicted molar refractivity (Wildman–Crippen MR) is 136 cm³/mol. The van der Waals surface area contributed by atoms with Crippen LogP contribution in [0.25, 0.3) is 11.1 Å². The lowest BCUT2D eigenvalue weighted by Crippen LogP contribution is -2.42. The zero-order valence-electron chi connectivity index (χ0n) is 20.9. The Labute approximate surface area is 206 Å². The van der Waals surface area contributed by atoms with Crippen LogP contribution in [0.5, 0.6) is 0 Å². The molecule has 35 heavy (non-hydrogen) atoms. The summed E-state index contributed by atoms with van der Waals surface area (Å²) in [4.78, 5) is 19.0. The SMILES string of the molecule is CC(C)(C)[Si](C)(C)OCC1CC(c2ccc(-c3ccc(N4C[C@H](CO)OC4=O)cc3)c(F)c2)=NO1. The minimum Gasteiger partial charge on any atom is -0.441 e. The average Bonchev–Trinajstić information content (AvgIpc) is 3.44. The van der Waals surface area contributed by atoms with Crippen molar-refractivity contribution in [3.63, 3.8) is 0 Å². The van der Waals surface area contributed by atoms with E-state index in [-0.39, 0.29) is 30.1 Å². The summed E-state index contributed by atoms with van der Waals surface area (Å²) in [5.74, 6) is -0.361. The van der Waals surface area contributed by atoms with Crippen LogP contribution in [0.1, 0.15) is 32.8 Å². The third-order valence-electron chi connectivity index (χ3n) is 7.04. The van der Waals surface area contributed by atoms with Gasteiger partial charge in [-0.3, -0.25) is 4.90 Å². The Morgan fingerprint density at radius 2 is 1.83 bits per heavy atom. The molecule has 0 saturated carbocycles. The number of cyclic esters (lactones) is 1. The number of amides is 1. The molecule has 0 aromatic heterocycles. The van der Waals surface area contributed by atoms with Gasteiger partial charge in [-0.15, -0.1) is 0 Å². The van der Waals surface area contributed by atoms with Crippen LogP contribution in [-0.2, 0) is 14.0 Å². The molecule has 2 aliphatic heterocycles. The summed E-state index contributed by atoms with van der Waals surface area (Å²) >= 11 is 0. The summed E-state index contributed by atoms with van der Waals surface area (Å²) in [6, 6.07) is 12.1. The highest BCUT2D eigenvalue weighted by Gasteiger charge is 2.38. The van der Waals surface area contributed by atoms with Gasteiger partial charge in [0.25, 0.3) is 0 Å². The average molecular weight is 501 g/mol. The number of carbonyl (C=O) groups excluding carboxylic acids is 1. The van der Waals surface area contributed by atoms with Gasteiger partial charge in [0.05, 0.1) is 25.5 Å². The summed E-state index contributed by atoms with van der Waals surface area (Å²) in [5, 5.41) is 13.5. The lowest BCUT2D eigenvalue weighted by Gasteiger charge is -2.36. The topological polar surface area (TPSA) is 80.6 Å². The van der Waals surface area contributed by atoms with Gasteiger partial charge in [-0.2, -0.15) is 0 Å². The molecule has 0 spiro atoms. The standard InChI is InChI=1S/C26H33FN2O5Si/c1-26(2,3)35(4,5)32-16-20-13-24(28-34-20)18-8-11-22(23(27)12-18)17-6-9-19(10-7-17)29-14-21(15-30)33-25(29)31/h6-12,20-21,30H,13-16H2,1-5H3/t20?,21-/m1/s1. The summed E-state index contributed by atoms with van der Waals surface area (Å²) in [6.45, 7) is 11.5. The number of rotatable bonds is 7. The minimum absolute atomic E-state index is 0.117. The second-order valence-electron chi connectivity index (χ2n) is 10.6. The molecule has 2 atom stereocenters. The molecule has 2 aromatic carbocycles. The van der Waals surface area contributed by atoms with E-state index in [0.717, 1.165) is 0 Å². The highest BCUT2D eigenvalue weighted by atomic mass is 28.4. The number of hydrogen-bond acceptors (Lipinski definition) is 6. The van der Waals surface area contributed by atoms with Crippen molar-refractivity contribution in [1.82, 2.24) is 0 Å². The van der Waals surface area contributed by atoms with Crippen molar-refractivity contribution in [3.8, 4) is 11.1 Å². The molecule has 1 amide bonds. The zero-order chi connectivity index (χ0) is 25.4. The van der Waals surface area contributed by atoms with E-state index in [4.69, 9.17) is 14.0 Å². The van der Waals surface area contributed by atoms with E-state index in [0.29, 0.717) is 41.1 Å². The van der Waals surface area contributed by atoms with Crippen LogP contribution >= 0.6 is 0 Å². The van der Waals surface area contributed by atoms with E-state index in [1.807, 2.05) is 6.07 Å². The highest BCUT2D eigenvalue weighted by molar-refractivity contribution is 6.74. The minimum atomic E-state index is -1.88. The first-order valence-electron chi connectivity index (χ1n) is 11.8. The highest BCUT2D eigenvalue weighted by Crippen LogP contribution is 2.37. The largest absolute Gasteiger partial charge is 0.441 e. The molecule has 2 aliphatic rings. The van der Waals surface area contributed by atoms with Gasteiger partial charge >= 0.3 is 6.09 Å². The molecule has 2 heterocycles. The van der Waals surface area contributed by atoms with E-state index < -0.39 is 20.5 Å². The monoisotopic (exact) mass is 500 g/mol. The predicted octanol–water partition coefficient (Wildman–Crippen LogP) is 5.33. The second kappa shape index (κ2) is 9.71. The van der Waals surface area contributed by atoms with Gasteiger partial charge in [0.1, 0.15) is 11.9 Å². The van der Waals surface area contributed by atoms with E-state index in [2.05, 4.69) is 39.0 Å². The van der Waals surface area contributed by atoms with Crippen LogP contribution < -0.4 is 4.90 Å². The summed E-state index contributed by atoms with van der Waals surface area (Å²) in [5.41, 5.74) is 3.17. The molecule has 9 heteroatoms. The molecular weight excluding hydrogens is 467 g/mol. The molecule has 0 bridgehead atoms. The van der Waals surface area contributed by atoms with Crippen molar-refractivity contribution >= 4 is 25.8 Å². The lowest BCUT2D eigenvalue weighted by molar-refractivity contribution is 0.0427. The smallest absolute Gasteiger partial charge is 0.414 e. The van der Waals surface area contributed by atoms with Gasteiger partial charge in [-0.25, -0.2) is 9.18 Å². The Kier molecular flexibility index (Phi) is 7.03. The van der Waals surface area contributed by atoms with Crippen LogP contribution in [0.4, 0.5) is 14.9 Å². The van der Waals surface area contributed by atoms with Gasteiger partial charge < -0.3 is 19.1 Å². The van der Waals surface area contributed by atoms with Gasteiger partial charge in [-0.05, 0) is 41.9 Å². The molecule has 188 valence electrons. The maximum atomic E-state index is 15.1. The Balaban J connectivity index is 1.40. The van der Waals surface area contributed by atoms with Crippen LogP contribution in [0.3, 0.4) is 0 Å². The molecule has 2 aromatic rings. The number of benzene rings is 2. The van der Waals surface area contributed by atoms with Crippen molar-refractivity contribution in [2.75, 3.05) is 24.7 Å². The molecule has 0 radical (unpaired) electrons. The first kappa shape index (κ1) is 25.3. The maximum absolute atomic E-state index is 15.1. The maximum Gasteiger partial charge on any atom is 0.414 e. The van der Waals surface area contributed by atoms with Gasteiger partial charge in [-0.1, -0.05) is 50.2 Å². The number of anilines is 1. The first-order chi connectivity index (χ1) is 16.5. The van der Waals surface area contributed by atoms with Crippen molar-refractivity contribution in [3.05, 3.63) is 53.8 Å². The molecule has 0 aliphatic carbocycles. The fourth-order valence-corrected chi connectivity index (χ4v) is 4.82. The summed E-state index contributed by atoms with van der Waals surface area (Å²) < 4.78 is 26.4. The molecule has 7 nitrogen and oxygen atoms in total. The van der Waals surface area contributed by atoms with Crippen LogP contribution in [0, 0.1) is 5.82 Å². The quantitative estimate of drug-likeness (QED) is 0.520. The van der Waals surface area contributed by atoms with Crippen LogP contribution in [0.15, 0.2) is 47.6 Å². The Morgan fingerprint density at radius 3 is 2.43 bits per heavy atom. The molecule has 1 fully saturated rings. The normalized spacial score (nSPS) is 20.6. The first-order valence-corrected chi connectivity index (χ1v) is 14.8. The molecular formula is C26H33FN2O5Si. The molecule has 1 unspecified atom stereocenters. The summed E-state index contributed by atoms with van der Waals surface area (Å²) in [7, 11) is -1.88. The Bertz CT molecular complexity index is 1110. The zero-order valence-corrected chi connectivity index (χ0v) is 21.9. The van der Waals surface area contributed by atoms with E-state index in [1.165, 1.54) is 11.0 Å². The van der Waals surface area contributed by atoms with Crippen LogP contribution in [0.2, 0.25) is 18.1 Å². The van der Waals surface area contributed by atoms with Crippen molar-refractivity contribution in [1.29, 1.82) is 0 Å². The van der Waals surface area contributed by atoms with Gasteiger partial charge in [0.15, 0.2) is 14.4 Å². The number of nitrogens with zero attached hydrogens (tertiary/aromatic N) is 2. The van der Waals surface area contributed by atoms with Crippen molar-refractivity contribution in [2.24, 2.45) is 5.16 Å². The number of ether oxygens (including phenoxy) is 1.